The molecule has 0 aliphatic carbocycles. The van der Waals surface area contributed by atoms with Crippen LogP contribution in [0.15, 0.2) is 47.8 Å². The van der Waals surface area contributed by atoms with Gasteiger partial charge in [0.25, 0.3) is 0 Å². The topological polar surface area (TPSA) is 94.4 Å². The largest absolute Gasteiger partial charge is 0.475 e. The van der Waals surface area contributed by atoms with Gasteiger partial charge in [0, 0.05) is 42.9 Å². The number of carbonyl (C=O) groups excluding carboxylic acids is 1. The standard InChI is InChI=1S/C21H24N4O4S/c1-15(2)29-20-6-5-17(12-23-20)30(27,28)25-9-7-16(13-25)19-14-24(10-11-26)21-18(19)4-3-8-22-21/h3-6,8,11-12,14-16H,7,9-10,13H2,1-2H3. The van der Waals surface area contributed by atoms with Crippen LogP contribution in [0.5, 0.6) is 5.88 Å². The molecule has 0 radical (unpaired) electrons. The first-order chi connectivity index (χ1) is 14.4. The summed E-state index contributed by atoms with van der Waals surface area (Å²) in [4.78, 5) is 19.7. The monoisotopic (exact) mass is 428 g/mol. The van der Waals surface area contributed by atoms with Gasteiger partial charge in [-0.15, -0.1) is 0 Å². The lowest BCUT2D eigenvalue weighted by molar-refractivity contribution is -0.108. The highest BCUT2D eigenvalue weighted by molar-refractivity contribution is 7.89. The fourth-order valence-electron chi connectivity index (χ4n) is 3.87. The second kappa shape index (κ2) is 8.16. The Labute approximate surface area is 175 Å². The maximum Gasteiger partial charge on any atom is 0.244 e. The Kier molecular flexibility index (Phi) is 5.57. The van der Waals surface area contributed by atoms with Crippen LogP contribution in [-0.4, -0.2) is 52.7 Å². The van der Waals surface area contributed by atoms with Crippen molar-refractivity contribution in [1.29, 1.82) is 0 Å². The lowest BCUT2D eigenvalue weighted by Crippen LogP contribution is -2.28. The van der Waals surface area contributed by atoms with E-state index in [0.29, 0.717) is 25.4 Å². The predicted octanol–water partition coefficient (Wildman–Crippen LogP) is 2.60. The van der Waals surface area contributed by atoms with E-state index in [4.69, 9.17) is 4.74 Å². The molecule has 1 aliphatic rings. The third-order valence-corrected chi connectivity index (χ3v) is 7.08. The molecular formula is C21H24N4O4S. The summed E-state index contributed by atoms with van der Waals surface area (Å²) in [5, 5.41) is 0.959. The average Bonchev–Trinajstić information content (AvgIpc) is 3.34. The number of nitrogens with zero attached hydrogens (tertiary/aromatic N) is 4. The molecule has 3 aromatic heterocycles. The lowest BCUT2D eigenvalue weighted by Gasteiger charge is -2.17. The number of carbonyl (C=O) groups is 1. The first-order valence-electron chi connectivity index (χ1n) is 9.90. The Morgan fingerprint density at radius 3 is 2.80 bits per heavy atom. The molecule has 1 fully saturated rings. The highest BCUT2D eigenvalue weighted by Gasteiger charge is 2.34. The van der Waals surface area contributed by atoms with Gasteiger partial charge in [-0.05, 0) is 44.0 Å². The third kappa shape index (κ3) is 3.82. The van der Waals surface area contributed by atoms with Crippen molar-refractivity contribution in [2.24, 2.45) is 0 Å². The van der Waals surface area contributed by atoms with Gasteiger partial charge in [-0.1, -0.05) is 0 Å². The summed E-state index contributed by atoms with van der Waals surface area (Å²) in [6.45, 7) is 4.80. The molecule has 0 bridgehead atoms. The SMILES string of the molecule is CC(C)Oc1ccc(S(=O)(=O)N2CCC(c3cn(CC=O)c4ncccc34)C2)cn1. The lowest BCUT2D eigenvalue weighted by atomic mass is 9.99. The van der Waals surface area contributed by atoms with Crippen molar-refractivity contribution in [2.45, 2.75) is 43.7 Å². The van der Waals surface area contributed by atoms with Gasteiger partial charge in [-0.2, -0.15) is 4.31 Å². The van der Waals surface area contributed by atoms with Crippen LogP contribution in [0.1, 0.15) is 31.7 Å². The molecule has 8 nitrogen and oxygen atoms in total. The van der Waals surface area contributed by atoms with E-state index in [0.717, 1.165) is 22.9 Å². The first kappa shape index (κ1) is 20.5. The minimum atomic E-state index is -3.64. The Balaban J connectivity index is 1.57. The van der Waals surface area contributed by atoms with Gasteiger partial charge >= 0.3 is 0 Å². The van der Waals surface area contributed by atoms with E-state index in [2.05, 4.69) is 9.97 Å². The zero-order valence-corrected chi connectivity index (χ0v) is 17.7. The number of hydrogen-bond acceptors (Lipinski definition) is 6. The Hall–Kier alpha value is -2.78. The van der Waals surface area contributed by atoms with Crippen molar-refractivity contribution < 1.29 is 17.9 Å². The van der Waals surface area contributed by atoms with Crippen molar-refractivity contribution in [3.63, 3.8) is 0 Å². The molecule has 3 aromatic rings. The van der Waals surface area contributed by atoms with Crippen LogP contribution in [-0.2, 0) is 21.4 Å². The quantitative estimate of drug-likeness (QED) is 0.537. The average molecular weight is 429 g/mol. The van der Waals surface area contributed by atoms with Crippen LogP contribution in [0.25, 0.3) is 11.0 Å². The smallest absolute Gasteiger partial charge is 0.244 e. The summed E-state index contributed by atoms with van der Waals surface area (Å²) in [5.41, 5.74) is 1.77. The van der Waals surface area contributed by atoms with Crippen molar-refractivity contribution in [3.8, 4) is 5.88 Å². The second-order valence-corrected chi connectivity index (χ2v) is 9.56. The molecule has 1 atom stereocenters. The molecule has 30 heavy (non-hydrogen) atoms. The number of pyridine rings is 2. The molecule has 0 aromatic carbocycles. The fraction of sp³-hybridized carbons (Fsp3) is 0.381. The molecule has 1 unspecified atom stereocenters. The number of fused-ring (bicyclic) bond motifs is 1. The van der Waals surface area contributed by atoms with Gasteiger partial charge in [0.15, 0.2) is 0 Å². The summed E-state index contributed by atoms with van der Waals surface area (Å²) >= 11 is 0. The number of ether oxygens (including phenoxy) is 1. The van der Waals surface area contributed by atoms with Crippen molar-refractivity contribution in [3.05, 3.63) is 48.4 Å². The molecule has 4 heterocycles. The molecule has 0 spiro atoms. The second-order valence-electron chi connectivity index (χ2n) is 7.63. The summed E-state index contributed by atoms with van der Waals surface area (Å²) in [5.74, 6) is 0.439. The predicted molar refractivity (Wildman–Crippen MR) is 112 cm³/mol. The zero-order chi connectivity index (χ0) is 21.3. The molecule has 0 N–H and O–H groups in total. The fourth-order valence-corrected chi connectivity index (χ4v) is 5.32. The number of aromatic nitrogens is 3. The minimum Gasteiger partial charge on any atom is -0.475 e. The van der Waals surface area contributed by atoms with Crippen LogP contribution in [0.3, 0.4) is 0 Å². The van der Waals surface area contributed by atoms with Gasteiger partial charge in [0.2, 0.25) is 15.9 Å². The van der Waals surface area contributed by atoms with Gasteiger partial charge < -0.3 is 14.1 Å². The summed E-state index contributed by atoms with van der Waals surface area (Å²) in [7, 11) is -3.64. The van der Waals surface area contributed by atoms with E-state index in [1.165, 1.54) is 16.6 Å². The Bertz CT molecular complexity index is 1160. The summed E-state index contributed by atoms with van der Waals surface area (Å²) < 4.78 is 35.0. The van der Waals surface area contributed by atoms with E-state index in [1.54, 1.807) is 12.3 Å². The summed E-state index contributed by atoms with van der Waals surface area (Å²) in [6, 6.07) is 6.94. The van der Waals surface area contributed by atoms with Crippen molar-refractivity contribution in [2.75, 3.05) is 13.1 Å². The van der Waals surface area contributed by atoms with Crippen LogP contribution in [0.4, 0.5) is 0 Å². The van der Waals surface area contributed by atoms with Gasteiger partial charge in [0.1, 0.15) is 16.8 Å². The number of sulfonamides is 1. The maximum atomic E-state index is 13.1. The van der Waals surface area contributed by atoms with E-state index in [-0.39, 0.29) is 23.5 Å². The number of aldehydes is 1. The van der Waals surface area contributed by atoms with E-state index in [1.807, 2.05) is 36.7 Å². The van der Waals surface area contributed by atoms with Crippen LogP contribution < -0.4 is 4.74 Å². The van der Waals surface area contributed by atoms with E-state index >= 15 is 0 Å². The maximum absolute atomic E-state index is 13.1. The normalized spacial score (nSPS) is 17.6. The molecule has 1 aliphatic heterocycles. The molecule has 9 heteroatoms. The zero-order valence-electron chi connectivity index (χ0n) is 16.9. The molecule has 0 amide bonds. The van der Waals surface area contributed by atoms with Gasteiger partial charge in [-0.3, -0.25) is 0 Å². The highest BCUT2D eigenvalue weighted by Crippen LogP contribution is 2.35. The molecule has 0 saturated carbocycles. The van der Waals surface area contributed by atoms with Crippen LogP contribution in [0, 0.1) is 0 Å². The van der Waals surface area contributed by atoms with Crippen LogP contribution in [0.2, 0.25) is 0 Å². The Morgan fingerprint density at radius 1 is 1.27 bits per heavy atom. The van der Waals surface area contributed by atoms with Crippen molar-refractivity contribution >= 4 is 27.3 Å². The molecule has 158 valence electrons. The number of rotatable bonds is 7. The highest BCUT2D eigenvalue weighted by atomic mass is 32.2. The third-order valence-electron chi connectivity index (χ3n) is 5.23. The summed E-state index contributed by atoms with van der Waals surface area (Å²) in [6.07, 6.45) is 6.47. The molecular weight excluding hydrogens is 404 g/mol. The molecule has 1 saturated heterocycles. The van der Waals surface area contributed by atoms with Gasteiger partial charge in [0.05, 0.1) is 18.8 Å². The van der Waals surface area contributed by atoms with Crippen molar-refractivity contribution in [1.82, 2.24) is 18.8 Å². The van der Waals surface area contributed by atoms with Gasteiger partial charge in [-0.25, -0.2) is 18.4 Å². The van der Waals surface area contributed by atoms with E-state index < -0.39 is 10.0 Å². The molecule has 4 rings (SSSR count). The van der Waals surface area contributed by atoms with Crippen LogP contribution >= 0.6 is 0 Å². The number of hydrogen-bond donors (Lipinski definition) is 0. The minimum absolute atomic E-state index is 0.0323. The Morgan fingerprint density at radius 2 is 2.10 bits per heavy atom. The van der Waals surface area contributed by atoms with E-state index in [9.17, 15) is 13.2 Å². The first-order valence-corrected chi connectivity index (χ1v) is 11.3.